The van der Waals surface area contributed by atoms with Crippen LogP contribution >= 0.6 is 0 Å². The van der Waals surface area contributed by atoms with Gasteiger partial charge in [-0.2, -0.15) is 0 Å². The molecule has 0 spiro atoms. The Labute approximate surface area is 100 Å². The molecule has 1 N–H and O–H groups in total. The Morgan fingerprint density at radius 3 is 2.76 bits per heavy atom. The number of hydrogen-bond donors (Lipinski definition) is 1. The van der Waals surface area contributed by atoms with E-state index in [9.17, 15) is 9.90 Å². The zero-order valence-electron chi connectivity index (χ0n) is 9.80. The number of pyridine rings is 1. The van der Waals surface area contributed by atoms with Crippen molar-refractivity contribution in [3.8, 4) is 0 Å². The maximum Gasteiger partial charge on any atom is 0.409 e. The zero-order chi connectivity index (χ0) is 12.3. The number of rotatable bonds is 1. The van der Waals surface area contributed by atoms with E-state index in [0.717, 1.165) is 5.56 Å². The van der Waals surface area contributed by atoms with Crippen LogP contribution in [0.15, 0.2) is 24.5 Å². The molecule has 1 saturated heterocycles. The summed E-state index contributed by atoms with van der Waals surface area (Å²) in [6.45, 7) is 0.996. The summed E-state index contributed by atoms with van der Waals surface area (Å²) in [5.41, 5.74) is -0.0665. The molecule has 0 aromatic carbocycles. The lowest BCUT2D eigenvalue weighted by Crippen LogP contribution is -2.45. The van der Waals surface area contributed by atoms with E-state index in [2.05, 4.69) is 9.72 Å². The Bertz CT molecular complexity index is 386. The number of carbonyl (C=O) groups is 1. The van der Waals surface area contributed by atoms with Gasteiger partial charge in [0.15, 0.2) is 0 Å². The first-order valence-electron chi connectivity index (χ1n) is 5.61. The van der Waals surface area contributed by atoms with Gasteiger partial charge in [-0.25, -0.2) is 4.79 Å². The van der Waals surface area contributed by atoms with Crippen molar-refractivity contribution in [3.05, 3.63) is 30.1 Å². The van der Waals surface area contributed by atoms with Crippen LogP contribution in [0.25, 0.3) is 0 Å². The molecule has 1 aliphatic heterocycles. The summed E-state index contributed by atoms with van der Waals surface area (Å²) in [6.07, 6.45) is 4.03. The molecule has 92 valence electrons. The van der Waals surface area contributed by atoms with Crippen molar-refractivity contribution >= 4 is 6.09 Å². The second-order valence-corrected chi connectivity index (χ2v) is 4.23. The number of amides is 1. The van der Waals surface area contributed by atoms with Crippen LogP contribution in [0.1, 0.15) is 18.4 Å². The first-order valence-corrected chi connectivity index (χ1v) is 5.61. The molecular formula is C12H16N2O3. The molecule has 1 aromatic heterocycles. The topological polar surface area (TPSA) is 62.7 Å². The van der Waals surface area contributed by atoms with Crippen LogP contribution in [-0.2, 0) is 10.3 Å². The van der Waals surface area contributed by atoms with Gasteiger partial charge in [0.2, 0.25) is 0 Å². The molecule has 1 amide bonds. The van der Waals surface area contributed by atoms with Gasteiger partial charge in [-0.3, -0.25) is 4.98 Å². The van der Waals surface area contributed by atoms with Crippen LogP contribution in [0.2, 0.25) is 0 Å². The Morgan fingerprint density at radius 2 is 2.24 bits per heavy atom. The van der Waals surface area contributed by atoms with Crippen molar-refractivity contribution in [3.63, 3.8) is 0 Å². The highest BCUT2D eigenvalue weighted by molar-refractivity contribution is 5.67. The fraction of sp³-hybridized carbons (Fsp3) is 0.500. The first kappa shape index (κ1) is 11.9. The second-order valence-electron chi connectivity index (χ2n) is 4.23. The molecule has 1 aromatic rings. The first-order chi connectivity index (χ1) is 8.15. The number of aromatic nitrogens is 1. The maximum absolute atomic E-state index is 11.3. The van der Waals surface area contributed by atoms with E-state index in [1.165, 1.54) is 7.11 Å². The number of hydrogen-bond acceptors (Lipinski definition) is 4. The molecule has 17 heavy (non-hydrogen) atoms. The summed E-state index contributed by atoms with van der Waals surface area (Å²) in [5, 5.41) is 10.5. The summed E-state index contributed by atoms with van der Waals surface area (Å²) in [6, 6.07) is 3.67. The Morgan fingerprint density at radius 1 is 1.53 bits per heavy atom. The third-order valence-electron chi connectivity index (χ3n) is 3.22. The van der Waals surface area contributed by atoms with Crippen LogP contribution < -0.4 is 0 Å². The predicted molar refractivity (Wildman–Crippen MR) is 61.3 cm³/mol. The van der Waals surface area contributed by atoms with Crippen LogP contribution in [0.4, 0.5) is 4.79 Å². The molecule has 0 aliphatic carbocycles. The maximum atomic E-state index is 11.3. The highest BCUT2D eigenvalue weighted by Crippen LogP contribution is 2.32. The number of likely N-dealkylation sites (tertiary alicyclic amines) is 1. The van der Waals surface area contributed by atoms with Crippen molar-refractivity contribution in [1.29, 1.82) is 0 Å². The number of aliphatic hydroxyl groups is 1. The summed E-state index contributed by atoms with van der Waals surface area (Å²) in [5.74, 6) is 0. The van der Waals surface area contributed by atoms with E-state index in [4.69, 9.17) is 0 Å². The number of piperidine rings is 1. The Balaban J connectivity index is 2.05. The summed E-state index contributed by atoms with van der Waals surface area (Å²) < 4.78 is 4.66. The highest BCUT2D eigenvalue weighted by Gasteiger charge is 2.35. The van der Waals surface area contributed by atoms with E-state index in [0.29, 0.717) is 25.9 Å². The molecule has 0 saturated carbocycles. The summed E-state index contributed by atoms with van der Waals surface area (Å²) in [7, 11) is 1.37. The molecule has 0 bridgehead atoms. The van der Waals surface area contributed by atoms with Crippen molar-refractivity contribution < 1.29 is 14.6 Å². The minimum atomic E-state index is -0.876. The van der Waals surface area contributed by atoms with E-state index in [-0.39, 0.29) is 6.09 Å². The summed E-state index contributed by atoms with van der Waals surface area (Å²) >= 11 is 0. The molecule has 1 aliphatic rings. The molecule has 2 heterocycles. The van der Waals surface area contributed by atoms with E-state index in [1.807, 2.05) is 6.07 Å². The van der Waals surface area contributed by atoms with Gasteiger partial charge in [0, 0.05) is 31.0 Å². The van der Waals surface area contributed by atoms with Gasteiger partial charge < -0.3 is 14.7 Å². The molecule has 0 unspecified atom stereocenters. The molecule has 2 rings (SSSR count). The quantitative estimate of drug-likeness (QED) is 0.794. The van der Waals surface area contributed by atoms with Gasteiger partial charge in [0.1, 0.15) is 0 Å². The molecule has 1 fully saturated rings. The number of carbonyl (C=O) groups excluding carboxylic acids is 1. The molecule has 5 nitrogen and oxygen atoms in total. The van der Waals surface area contributed by atoms with E-state index in [1.54, 1.807) is 23.4 Å². The monoisotopic (exact) mass is 236 g/mol. The number of ether oxygens (including phenoxy) is 1. The lowest BCUT2D eigenvalue weighted by atomic mass is 9.85. The van der Waals surface area contributed by atoms with Crippen molar-refractivity contribution in [2.24, 2.45) is 0 Å². The third-order valence-corrected chi connectivity index (χ3v) is 3.22. The van der Waals surface area contributed by atoms with Gasteiger partial charge in [0.25, 0.3) is 0 Å². The van der Waals surface area contributed by atoms with Crippen LogP contribution in [-0.4, -0.2) is 41.3 Å². The molecule has 0 radical (unpaired) electrons. The van der Waals surface area contributed by atoms with Crippen molar-refractivity contribution in [2.75, 3.05) is 20.2 Å². The average molecular weight is 236 g/mol. The van der Waals surface area contributed by atoms with E-state index >= 15 is 0 Å². The van der Waals surface area contributed by atoms with Crippen molar-refractivity contribution in [2.45, 2.75) is 18.4 Å². The second kappa shape index (κ2) is 4.71. The Hall–Kier alpha value is -1.62. The number of methoxy groups -OCH3 is 1. The van der Waals surface area contributed by atoms with Crippen molar-refractivity contribution in [1.82, 2.24) is 9.88 Å². The van der Waals surface area contributed by atoms with E-state index < -0.39 is 5.60 Å². The fourth-order valence-electron chi connectivity index (χ4n) is 2.12. The molecule has 5 heteroatoms. The van der Waals surface area contributed by atoms with Gasteiger partial charge in [0.05, 0.1) is 12.7 Å². The predicted octanol–water partition coefficient (Wildman–Crippen LogP) is 1.13. The van der Waals surface area contributed by atoms with Gasteiger partial charge in [-0.15, -0.1) is 0 Å². The fourth-order valence-corrected chi connectivity index (χ4v) is 2.12. The Kier molecular flexibility index (Phi) is 3.28. The summed E-state index contributed by atoms with van der Waals surface area (Å²) in [4.78, 5) is 16.9. The van der Waals surface area contributed by atoms with Gasteiger partial charge in [-0.1, -0.05) is 6.07 Å². The minimum absolute atomic E-state index is 0.335. The van der Waals surface area contributed by atoms with Gasteiger partial charge >= 0.3 is 6.09 Å². The van der Waals surface area contributed by atoms with Crippen LogP contribution in [0, 0.1) is 0 Å². The third kappa shape index (κ3) is 2.39. The van der Waals surface area contributed by atoms with Crippen LogP contribution in [0.3, 0.4) is 0 Å². The minimum Gasteiger partial charge on any atom is -0.453 e. The van der Waals surface area contributed by atoms with Crippen LogP contribution in [0.5, 0.6) is 0 Å². The average Bonchev–Trinajstić information content (AvgIpc) is 2.40. The lowest BCUT2D eigenvalue weighted by Gasteiger charge is -2.37. The highest BCUT2D eigenvalue weighted by atomic mass is 16.5. The molecule has 0 atom stereocenters. The smallest absolute Gasteiger partial charge is 0.409 e. The SMILES string of the molecule is COC(=O)N1CCC(O)(c2cccnc2)CC1. The lowest BCUT2D eigenvalue weighted by molar-refractivity contribution is -0.0232. The number of nitrogens with zero attached hydrogens (tertiary/aromatic N) is 2. The van der Waals surface area contributed by atoms with Gasteiger partial charge in [-0.05, 0) is 18.9 Å². The standard InChI is InChI=1S/C12H16N2O3/c1-17-11(15)14-7-4-12(16,5-8-14)10-3-2-6-13-9-10/h2-3,6,9,16H,4-5,7-8H2,1H3. The zero-order valence-corrected chi connectivity index (χ0v) is 9.80. The molecular weight excluding hydrogens is 220 g/mol. The normalized spacial score (nSPS) is 18.8. The largest absolute Gasteiger partial charge is 0.453 e.